The summed E-state index contributed by atoms with van der Waals surface area (Å²) in [6, 6.07) is 4.93. The van der Waals surface area contributed by atoms with Gasteiger partial charge in [0.1, 0.15) is 5.82 Å². The van der Waals surface area contributed by atoms with Gasteiger partial charge >= 0.3 is 0 Å². The third-order valence-electron chi connectivity index (χ3n) is 5.68. The maximum atomic E-state index is 14.5. The van der Waals surface area contributed by atoms with Crippen molar-refractivity contribution in [3.63, 3.8) is 0 Å². The Balaban J connectivity index is 2.03. The number of nitrogens with zero attached hydrogens (tertiary/aromatic N) is 2. The number of nitrogens with one attached hydrogen (secondary N) is 1. The molecule has 1 atom stereocenters. The Morgan fingerprint density at radius 3 is 2.61 bits per heavy atom. The fraction of sp³-hybridized carbons (Fsp3) is 0.458. The van der Waals surface area contributed by atoms with Gasteiger partial charge in [-0.3, -0.25) is 19.8 Å². The first-order valence-electron chi connectivity index (χ1n) is 10.5. The van der Waals surface area contributed by atoms with E-state index in [0.29, 0.717) is 32.6 Å². The SMILES string of the molecule is CN(C)CC#CC#Cc1ccc(C2=CCN(CCC(C)(C(=O)NO)S(C)(=O)=O)CC2)cc1F. The minimum Gasteiger partial charge on any atom is -0.299 e. The van der Waals surface area contributed by atoms with Gasteiger partial charge in [0, 0.05) is 25.9 Å². The average molecular weight is 476 g/mol. The van der Waals surface area contributed by atoms with Crippen LogP contribution in [-0.4, -0.2) is 80.6 Å². The molecule has 0 aromatic heterocycles. The van der Waals surface area contributed by atoms with Crippen molar-refractivity contribution in [2.45, 2.75) is 24.5 Å². The first-order valence-corrected chi connectivity index (χ1v) is 12.4. The lowest BCUT2D eigenvalue weighted by atomic mass is 9.97. The molecule has 0 spiro atoms. The van der Waals surface area contributed by atoms with Crippen molar-refractivity contribution in [2.24, 2.45) is 0 Å². The van der Waals surface area contributed by atoms with Gasteiger partial charge in [0.25, 0.3) is 5.91 Å². The number of hydroxylamine groups is 1. The molecule has 0 aliphatic carbocycles. The van der Waals surface area contributed by atoms with Crippen LogP contribution in [0.15, 0.2) is 24.3 Å². The lowest BCUT2D eigenvalue weighted by Crippen LogP contribution is -2.51. The number of halogens is 1. The van der Waals surface area contributed by atoms with E-state index in [1.165, 1.54) is 18.5 Å². The summed E-state index contributed by atoms with van der Waals surface area (Å²) in [5, 5.41) is 8.93. The molecule has 1 aromatic rings. The van der Waals surface area contributed by atoms with E-state index in [-0.39, 0.29) is 12.0 Å². The van der Waals surface area contributed by atoms with E-state index >= 15 is 0 Å². The first kappa shape index (κ1) is 26.6. The summed E-state index contributed by atoms with van der Waals surface area (Å²) in [6.45, 7) is 3.43. The molecule has 33 heavy (non-hydrogen) atoms. The zero-order valence-electron chi connectivity index (χ0n) is 19.4. The Hall–Kier alpha value is -2.69. The lowest BCUT2D eigenvalue weighted by molar-refractivity contribution is -0.131. The molecule has 1 aromatic carbocycles. The number of hydrogen-bond donors (Lipinski definition) is 2. The van der Waals surface area contributed by atoms with Crippen LogP contribution in [0.4, 0.5) is 4.39 Å². The van der Waals surface area contributed by atoms with E-state index in [2.05, 4.69) is 23.7 Å². The van der Waals surface area contributed by atoms with Gasteiger partial charge in [-0.1, -0.05) is 18.1 Å². The summed E-state index contributed by atoms with van der Waals surface area (Å²) in [4.78, 5) is 15.9. The van der Waals surface area contributed by atoms with Crippen LogP contribution >= 0.6 is 0 Å². The maximum absolute atomic E-state index is 14.5. The zero-order valence-corrected chi connectivity index (χ0v) is 20.2. The van der Waals surface area contributed by atoms with Gasteiger partial charge in [-0.25, -0.2) is 18.3 Å². The number of benzene rings is 1. The fourth-order valence-electron chi connectivity index (χ4n) is 3.29. The number of hydrogen-bond acceptors (Lipinski definition) is 6. The Bertz CT molecular complexity index is 1140. The summed E-state index contributed by atoms with van der Waals surface area (Å²) in [6.07, 6.45) is 3.65. The van der Waals surface area contributed by atoms with Crippen molar-refractivity contribution in [2.75, 3.05) is 46.5 Å². The molecular formula is C24H30FN3O4S. The van der Waals surface area contributed by atoms with Gasteiger partial charge in [-0.15, -0.1) is 0 Å². The second kappa shape index (κ2) is 11.4. The average Bonchev–Trinajstić information content (AvgIpc) is 2.77. The predicted molar refractivity (Wildman–Crippen MR) is 126 cm³/mol. The minimum atomic E-state index is -3.73. The number of carbonyl (C=O) groups is 1. The summed E-state index contributed by atoms with van der Waals surface area (Å²) in [5.74, 6) is 9.63. The molecule has 0 saturated heterocycles. The monoisotopic (exact) mass is 475 g/mol. The summed E-state index contributed by atoms with van der Waals surface area (Å²) in [7, 11) is 0.0789. The zero-order chi connectivity index (χ0) is 24.6. The van der Waals surface area contributed by atoms with Gasteiger partial charge in [-0.2, -0.15) is 0 Å². The number of carbonyl (C=O) groups excluding carboxylic acids is 1. The third-order valence-corrected chi connectivity index (χ3v) is 7.71. The molecule has 1 heterocycles. The maximum Gasteiger partial charge on any atom is 0.264 e. The number of amides is 1. The van der Waals surface area contributed by atoms with Crippen LogP contribution in [0.1, 0.15) is 30.9 Å². The van der Waals surface area contributed by atoms with Gasteiger partial charge < -0.3 is 0 Å². The van der Waals surface area contributed by atoms with E-state index in [0.717, 1.165) is 17.4 Å². The molecule has 9 heteroatoms. The van der Waals surface area contributed by atoms with Crippen molar-refractivity contribution >= 4 is 21.3 Å². The lowest BCUT2D eigenvalue weighted by Gasteiger charge is -2.31. The highest BCUT2D eigenvalue weighted by Crippen LogP contribution is 2.26. The van der Waals surface area contributed by atoms with E-state index in [9.17, 15) is 17.6 Å². The van der Waals surface area contributed by atoms with E-state index < -0.39 is 26.3 Å². The summed E-state index contributed by atoms with van der Waals surface area (Å²) < 4.78 is 36.9. The van der Waals surface area contributed by atoms with Crippen molar-refractivity contribution in [3.8, 4) is 23.7 Å². The Labute approximate surface area is 195 Å². The molecule has 2 rings (SSSR count). The van der Waals surface area contributed by atoms with Gasteiger partial charge in [0.2, 0.25) is 0 Å². The minimum absolute atomic E-state index is 0.0425. The van der Waals surface area contributed by atoms with Crippen LogP contribution in [0.5, 0.6) is 0 Å². The third kappa shape index (κ3) is 7.15. The van der Waals surface area contributed by atoms with Gasteiger partial charge in [0.05, 0.1) is 12.1 Å². The number of sulfone groups is 1. The van der Waals surface area contributed by atoms with E-state index in [4.69, 9.17) is 5.21 Å². The molecule has 0 saturated carbocycles. The molecule has 7 nitrogen and oxygen atoms in total. The van der Waals surface area contributed by atoms with Crippen LogP contribution in [0, 0.1) is 29.5 Å². The Kier molecular flexibility index (Phi) is 9.21. The smallest absolute Gasteiger partial charge is 0.264 e. The highest BCUT2D eigenvalue weighted by atomic mass is 32.2. The highest BCUT2D eigenvalue weighted by molar-refractivity contribution is 7.92. The van der Waals surface area contributed by atoms with Crippen LogP contribution in [0.2, 0.25) is 0 Å². The highest BCUT2D eigenvalue weighted by Gasteiger charge is 2.43. The van der Waals surface area contributed by atoms with Crippen molar-refractivity contribution in [1.82, 2.24) is 15.3 Å². The molecule has 0 radical (unpaired) electrons. The van der Waals surface area contributed by atoms with Crippen LogP contribution < -0.4 is 5.48 Å². The van der Waals surface area contributed by atoms with E-state index in [1.54, 1.807) is 6.07 Å². The van der Waals surface area contributed by atoms with Crippen molar-refractivity contribution in [3.05, 3.63) is 41.2 Å². The second-order valence-electron chi connectivity index (χ2n) is 8.46. The van der Waals surface area contributed by atoms with Gasteiger partial charge in [0.15, 0.2) is 14.6 Å². The molecule has 0 fully saturated rings. The standard InChI is InChI=1S/C24H30FN3O4S/c1-24(23(29)26-30,33(4,31)32)13-17-28-15-11-19(12-16-28)21-10-9-20(22(25)18-21)8-6-5-7-14-27(2)3/h9-11,18,30H,12-17H2,1-4H3,(H,26,29). The van der Waals surface area contributed by atoms with Crippen LogP contribution in [0.25, 0.3) is 5.57 Å². The normalized spacial score (nSPS) is 16.0. The van der Waals surface area contributed by atoms with E-state index in [1.807, 2.05) is 36.0 Å². The molecular weight excluding hydrogens is 445 g/mol. The summed E-state index contributed by atoms with van der Waals surface area (Å²) in [5.41, 5.74) is 3.52. The Morgan fingerprint density at radius 2 is 2.06 bits per heavy atom. The molecule has 1 amide bonds. The van der Waals surface area contributed by atoms with Gasteiger partial charge in [-0.05, 0) is 74.9 Å². The van der Waals surface area contributed by atoms with Crippen molar-refractivity contribution in [1.29, 1.82) is 0 Å². The number of rotatable bonds is 7. The molecule has 0 bridgehead atoms. The molecule has 178 valence electrons. The Morgan fingerprint density at radius 1 is 1.33 bits per heavy atom. The summed E-state index contributed by atoms with van der Waals surface area (Å²) >= 11 is 0. The quantitative estimate of drug-likeness (QED) is 0.353. The molecule has 2 N–H and O–H groups in total. The molecule has 1 aliphatic heterocycles. The van der Waals surface area contributed by atoms with Crippen molar-refractivity contribution < 1.29 is 22.8 Å². The fourth-order valence-corrected chi connectivity index (χ4v) is 4.13. The first-order chi connectivity index (χ1) is 15.5. The van der Waals surface area contributed by atoms with Crippen LogP contribution in [-0.2, 0) is 14.6 Å². The molecule has 1 unspecified atom stereocenters. The topological polar surface area (TPSA) is 89.9 Å². The predicted octanol–water partition coefficient (Wildman–Crippen LogP) is 1.53. The largest absolute Gasteiger partial charge is 0.299 e. The molecule has 1 aliphatic rings. The van der Waals surface area contributed by atoms with Crippen LogP contribution in [0.3, 0.4) is 0 Å². The second-order valence-corrected chi connectivity index (χ2v) is 10.9.